The Morgan fingerprint density at radius 1 is 1.50 bits per heavy atom. The summed E-state index contributed by atoms with van der Waals surface area (Å²) in [7, 11) is 1.60. The first-order chi connectivity index (χ1) is 7.83. The van der Waals surface area contributed by atoms with E-state index in [4.69, 9.17) is 10.00 Å². The van der Waals surface area contributed by atoms with Gasteiger partial charge in [0.1, 0.15) is 11.8 Å². The molecule has 84 valence electrons. The number of nitrogens with zero attached hydrogens (tertiary/aromatic N) is 1. The molecule has 0 atom stereocenters. The van der Waals surface area contributed by atoms with Gasteiger partial charge in [-0.1, -0.05) is 12.5 Å². The lowest BCUT2D eigenvalue weighted by Gasteiger charge is -2.26. The van der Waals surface area contributed by atoms with Gasteiger partial charge in [-0.05, 0) is 30.5 Å². The first-order valence-corrected chi connectivity index (χ1v) is 5.64. The Bertz CT molecular complexity index is 405. The summed E-state index contributed by atoms with van der Waals surface area (Å²) in [4.78, 5) is 0. The maximum Gasteiger partial charge on any atom is 0.136 e. The van der Waals surface area contributed by atoms with Gasteiger partial charge in [0.25, 0.3) is 0 Å². The van der Waals surface area contributed by atoms with Gasteiger partial charge in [0.2, 0.25) is 0 Å². The number of nitriles is 1. The van der Waals surface area contributed by atoms with E-state index in [1.165, 1.54) is 24.8 Å². The van der Waals surface area contributed by atoms with E-state index in [-0.39, 0.29) is 0 Å². The molecule has 0 saturated heterocycles. The molecule has 0 bridgehead atoms. The Balaban J connectivity index is 2.01. The topological polar surface area (TPSA) is 45.0 Å². The van der Waals surface area contributed by atoms with Crippen LogP contribution in [0.2, 0.25) is 0 Å². The molecule has 3 heteroatoms. The van der Waals surface area contributed by atoms with Crippen molar-refractivity contribution in [1.29, 1.82) is 5.26 Å². The zero-order valence-electron chi connectivity index (χ0n) is 9.49. The largest absolute Gasteiger partial charge is 0.495 e. The molecule has 1 aliphatic rings. The number of rotatable bonds is 4. The van der Waals surface area contributed by atoms with Crippen LogP contribution in [-0.4, -0.2) is 13.2 Å². The fourth-order valence-corrected chi connectivity index (χ4v) is 1.81. The van der Waals surface area contributed by atoms with Crippen molar-refractivity contribution in [3.8, 4) is 11.8 Å². The maximum absolute atomic E-state index is 8.86. The molecule has 0 unspecified atom stereocenters. The normalized spacial score (nSPS) is 15.2. The summed E-state index contributed by atoms with van der Waals surface area (Å²) in [6.45, 7) is 0.854. The monoisotopic (exact) mass is 216 g/mol. The van der Waals surface area contributed by atoms with E-state index < -0.39 is 0 Å². The van der Waals surface area contributed by atoms with E-state index >= 15 is 0 Å². The summed E-state index contributed by atoms with van der Waals surface area (Å²) in [5, 5.41) is 12.3. The van der Waals surface area contributed by atoms with Crippen LogP contribution in [0.15, 0.2) is 18.2 Å². The molecule has 16 heavy (non-hydrogen) atoms. The van der Waals surface area contributed by atoms with Gasteiger partial charge in [0.15, 0.2) is 0 Å². The lowest BCUT2D eigenvalue weighted by Crippen LogP contribution is -2.34. The molecule has 0 heterocycles. The highest BCUT2D eigenvalue weighted by molar-refractivity contribution is 5.45. The van der Waals surface area contributed by atoms with Gasteiger partial charge in [-0.25, -0.2) is 0 Å². The lowest BCUT2D eigenvalue weighted by atomic mass is 9.93. The van der Waals surface area contributed by atoms with E-state index in [1.54, 1.807) is 7.11 Å². The van der Waals surface area contributed by atoms with E-state index in [0.717, 1.165) is 6.54 Å². The van der Waals surface area contributed by atoms with Gasteiger partial charge >= 0.3 is 0 Å². The quantitative estimate of drug-likeness (QED) is 0.839. The third kappa shape index (κ3) is 2.34. The zero-order valence-corrected chi connectivity index (χ0v) is 9.49. The Kier molecular flexibility index (Phi) is 3.43. The molecule has 0 aromatic heterocycles. The van der Waals surface area contributed by atoms with Gasteiger partial charge in [0, 0.05) is 12.6 Å². The number of nitrogens with one attached hydrogen (secondary N) is 1. The average Bonchev–Trinajstić information content (AvgIpc) is 2.26. The Hall–Kier alpha value is -1.53. The maximum atomic E-state index is 8.86. The first kappa shape index (κ1) is 11.0. The van der Waals surface area contributed by atoms with E-state index in [9.17, 15) is 0 Å². The van der Waals surface area contributed by atoms with Crippen molar-refractivity contribution in [3.63, 3.8) is 0 Å². The Labute approximate surface area is 96.0 Å². The molecule has 0 radical (unpaired) electrons. The summed E-state index contributed by atoms with van der Waals surface area (Å²) in [6, 6.07) is 8.53. The molecule has 1 aromatic rings. The molecule has 1 fully saturated rings. The van der Waals surface area contributed by atoms with E-state index in [0.29, 0.717) is 17.4 Å². The minimum absolute atomic E-state index is 0.592. The second-order valence-electron chi connectivity index (χ2n) is 4.16. The summed E-state index contributed by atoms with van der Waals surface area (Å²) in [5.74, 6) is 0.662. The molecule has 0 amide bonds. The molecular weight excluding hydrogens is 200 g/mol. The van der Waals surface area contributed by atoms with Crippen molar-refractivity contribution < 1.29 is 4.74 Å². The Morgan fingerprint density at radius 2 is 2.31 bits per heavy atom. The smallest absolute Gasteiger partial charge is 0.136 e. The van der Waals surface area contributed by atoms with Crippen LogP contribution in [0.3, 0.4) is 0 Å². The third-order valence-electron chi connectivity index (χ3n) is 3.09. The van der Waals surface area contributed by atoms with Gasteiger partial charge in [-0.3, -0.25) is 0 Å². The molecular formula is C13H16N2O. The van der Waals surface area contributed by atoms with Crippen LogP contribution in [0.5, 0.6) is 5.75 Å². The second kappa shape index (κ2) is 5.00. The molecule has 1 aromatic carbocycles. The van der Waals surface area contributed by atoms with Crippen LogP contribution in [0.4, 0.5) is 0 Å². The van der Waals surface area contributed by atoms with Crippen LogP contribution >= 0.6 is 0 Å². The van der Waals surface area contributed by atoms with Crippen molar-refractivity contribution in [1.82, 2.24) is 5.32 Å². The number of hydrogen-bond acceptors (Lipinski definition) is 3. The van der Waals surface area contributed by atoms with Crippen molar-refractivity contribution in [2.45, 2.75) is 31.8 Å². The summed E-state index contributed by atoms with van der Waals surface area (Å²) < 4.78 is 5.17. The highest BCUT2D eigenvalue weighted by atomic mass is 16.5. The van der Waals surface area contributed by atoms with Gasteiger partial charge in [0.05, 0.1) is 12.7 Å². The zero-order chi connectivity index (χ0) is 11.4. The standard InChI is InChI=1S/C13H16N2O/c1-16-13-7-10(5-6-11(13)8-14)9-15-12-3-2-4-12/h5-7,12,15H,2-4,9H2,1H3. The average molecular weight is 216 g/mol. The highest BCUT2D eigenvalue weighted by Crippen LogP contribution is 2.21. The van der Waals surface area contributed by atoms with Gasteiger partial charge in [-0.15, -0.1) is 0 Å². The minimum atomic E-state index is 0.592. The summed E-state index contributed by atoms with van der Waals surface area (Å²) in [6.07, 6.45) is 3.91. The van der Waals surface area contributed by atoms with Gasteiger partial charge < -0.3 is 10.1 Å². The van der Waals surface area contributed by atoms with Crippen molar-refractivity contribution in [2.75, 3.05) is 7.11 Å². The van der Waals surface area contributed by atoms with Crippen LogP contribution < -0.4 is 10.1 Å². The van der Waals surface area contributed by atoms with Gasteiger partial charge in [-0.2, -0.15) is 5.26 Å². The van der Waals surface area contributed by atoms with Crippen LogP contribution in [0.25, 0.3) is 0 Å². The SMILES string of the molecule is COc1cc(CNC2CCC2)ccc1C#N. The molecule has 1 aliphatic carbocycles. The van der Waals surface area contributed by atoms with Crippen molar-refractivity contribution in [3.05, 3.63) is 29.3 Å². The van der Waals surface area contributed by atoms with E-state index in [1.807, 2.05) is 18.2 Å². The molecule has 1 saturated carbocycles. The third-order valence-corrected chi connectivity index (χ3v) is 3.09. The molecule has 3 nitrogen and oxygen atoms in total. The Morgan fingerprint density at radius 3 is 2.88 bits per heavy atom. The second-order valence-corrected chi connectivity index (χ2v) is 4.16. The molecule has 0 aliphatic heterocycles. The number of ether oxygens (including phenoxy) is 1. The molecule has 2 rings (SSSR count). The predicted octanol–water partition coefficient (Wildman–Crippen LogP) is 2.21. The molecule has 0 spiro atoms. The fraction of sp³-hybridized carbons (Fsp3) is 0.462. The minimum Gasteiger partial charge on any atom is -0.495 e. The number of methoxy groups -OCH3 is 1. The number of benzene rings is 1. The fourth-order valence-electron chi connectivity index (χ4n) is 1.81. The highest BCUT2D eigenvalue weighted by Gasteiger charge is 2.16. The molecule has 1 N–H and O–H groups in total. The van der Waals surface area contributed by atoms with E-state index in [2.05, 4.69) is 11.4 Å². The predicted molar refractivity (Wildman–Crippen MR) is 62.2 cm³/mol. The first-order valence-electron chi connectivity index (χ1n) is 5.64. The van der Waals surface area contributed by atoms with Crippen LogP contribution in [-0.2, 0) is 6.54 Å². The van der Waals surface area contributed by atoms with Crippen LogP contribution in [0.1, 0.15) is 30.4 Å². The summed E-state index contributed by atoms with van der Waals surface area (Å²) >= 11 is 0. The van der Waals surface area contributed by atoms with Crippen molar-refractivity contribution >= 4 is 0 Å². The van der Waals surface area contributed by atoms with Crippen LogP contribution in [0, 0.1) is 11.3 Å². The lowest BCUT2D eigenvalue weighted by molar-refractivity contribution is 0.338. The summed E-state index contributed by atoms with van der Waals surface area (Å²) in [5.41, 5.74) is 1.76. The number of hydrogen-bond donors (Lipinski definition) is 1. The van der Waals surface area contributed by atoms with Crippen molar-refractivity contribution in [2.24, 2.45) is 0 Å².